The number of carbonyl (C=O) groups excluding carboxylic acids is 1. The molecule has 0 spiro atoms. The Kier molecular flexibility index (Phi) is 4.80. The standard InChI is InChI=1S/C14H22N2O2S/c1-4-18-14(17)12-10(3)16-19-13(12)15-9(2)11-7-5-6-8-11/h9,11,15H,4-8H2,1-3H3. The van der Waals surface area contributed by atoms with Crippen LogP contribution in [0.5, 0.6) is 0 Å². The maximum atomic E-state index is 12.0. The molecule has 1 N–H and O–H groups in total. The normalized spacial score (nSPS) is 17.4. The molecule has 0 saturated heterocycles. The summed E-state index contributed by atoms with van der Waals surface area (Å²) in [6.45, 7) is 6.27. The monoisotopic (exact) mass is 282 g/mol. The Morgan fingerprint density at radius 1 is 1.53 bits per heavy atom. The van der Waals surface area contributed by atoms with E-state index in [1.165, 1.54) is 37.2 Å². The molecule has 1 heterocycles. The summed E-state index contributed by atoms with van der Waals surface area (Å²) >= 11 is 1.36. The lowest BCUT2D eigenvalue weighted by atomic mass is 10.00. The molecule has 0 aliphatic heterocycles. The number of aryl methyl sites for hydroxylation is 1. The molecule has 19 heavy (non-hydrogen) atoms. The summed E-state index contributed by atoms with van der Waals surface area (Å²) < 4.78 is 9.38. The third-order valence-electron chi connectivity index (χ3n) is 3.81. The minimum atomic E-state index is -0.269. The van der Waals surface area contributed by atoms with Crippen molar-refractivity contribution in [2.45, 2.75) is 52.5 Å². The topological polar surface area (TPSA) is 51.2 Å². The van der Waals surface area contributed by atoms with Crippen LogP contribution in [0.15, 0.2) is 0 Å². The number of anilines is 1. The average Bonchev–Trinajstić information content (AvgIpc) is 2.99. The number of hydrogen-bond donors (Lipinski definition) is 1. The first-order valence-electron chi connectivity index (χ1n) is 7.03. The van der Waals surface area contributed by atoms with Crippen LogP contribution in [0.1, 0.15) is 55.6 Å². The highest BCUT2D eigenvalue weighted by Crippen LogP contribution is 2.32. The molecule has 1 atom stereocenters. The van der Waals surface area contributed by atoms with Crippen molar-refractivity contribution in [1.29, 1.82) is 0 Å². The van der Waals surface area contributed by atoms with Gasteiger partial charge in [0.25, 0.3) is 0 Å². The SMILES string of the molecule is CCOC(=O)c1c(C)nsc1NC(C)C1CCCC1. The number of rotatable bonds is 5. The van der Waals surface area contributed by atoms with E-state index in [1.807, 2.05) is 13.8 Å². The fraction of sp³-hybridized carbons (Fsp3) is 0.714. The maximum absolute atomic E-state index is 12.0. The van der Waals surface area contributed by atoms with E-state index >= 15 is 0 Å². The molecule has 106 valence electrons. The van der Waals surface area contributed by atoms with Crippen molar-refractivity contribution in [3.63, 3.8) is 0 Å². The van der Waals surface area contributed by atoms with Crippen LogP contribution in [-0.4, -0.2) is 23.0 Å². The van der Waals surface area contributed by atoms with Gasteiger partial charge in [0.05, 0.1) is 12.3 Å². The zero-order valence-electron chi connectivity index (χ0n) is 11.9. The fourth-order valence-corrected chi connectivity index (χ4v) is 3.57. The molecular formula is C14H22N2O2S. The van der Waals surface area contributed by atoms with Crippen LogP contribution in [0.2, 0.25) is 0 Å². The summed E-state index contributed by atoms with van der Waals surface area (Å²) in [7, 11) is 0. The molecule has 4 nitrogen and oxygen atoms in total. The van der Waals surface area contributed by atoms with E-state index in [1.54, 1.807) is 0 Å². The second-order valence-corrected chi connectivity index (χ2v) is 5.94. The number of carbonyl (C=O) groups is 1. The molecule has 0 bridgehead atoms. The highest BCUT2D eigenvalue weighted by molar-refractivity contribution is 7.10. The van der Waals surface area contributed by atoms with Crippen molar-refractivity contribution < 1.29 is 9.53 Å². The summed E-state index contributed by atoms with van der Waals surface area (Å²) in [5.74, 6) is 0.437. The van der Waals surface area contributed by atoms with Gasteiger partial charge in [-0.1, -0.05) is 12.8 Å². The van der Waals surface area contributed by atoms with Gasteiger partial charge in [0.1, 0.15) is 10.6 Å². The molecule has 1 aliphatic carbocycles. The first kappa shape index (κ1) is 14.3. The van der Waals surface area contributed by atoms with E-state index in [4.69, 9.17) is 4.74 Å². The van der Waals surface area contributed by atoms with Crippen molar-refractivity contribution in [2.24, 2.45) is 5.92 Å². The third kappa shape index (κ3) is 3.26. The lowest BCUT2D eigenvalue weighted by Crippen LogP contribution is -2.24. The lowest BCUT2D eigenvalue weighted by molar-refractivity contribution is 0.0527. The van der Waals surface area contributed by atoms with Crippen LogP contribution in [-0.2, 0) is 4.74 Å². The second-order valence-electron chi connectivity index (χ2n) is 5.17. The average molecular weight is 282 g/mol. The Morgan fingerprint density at radius 2 is 2.21 bits per heavy atom. The van der Waals surface area contributed by atoms with Gasteiger partial charge in [-0.3, -0.25) is 0 Å². The van der Waals surface area contributed by atoms with Crippen LogP contribution in [0.4, 0.5) is 5.00 Å². The molecular weight excluding hydrogens is 260 g/mol. The van der Waals surface area contributed by atoms with Gasteiger partial charge in [0.2, 0.25) is 0 Å². The summed E-state index contributed by atoms with van der Waals surface area (Å²) in [4.78, 5) is 12.0. The predicted octanol–water partition coefficient (Wildman–Crippen LogP) is 3.62. The molecule has 0 amide bonds. The van der Waals surface area contributed by atoms with Crippen molar-refractivity contribution >= 4 is 22.5 Å². The molecule has 1 saturated carbocycles. The molecule has 0 radical (unpaired) electrons. The fourth-order valence-electron chi connectivity index (χ4n) is 2.69. The quantitative estimate of drug-likeness (QED) is 0.838. The first-order valence-corrected chi connectivity index (χ1v) is 7.80. The number of nitrogens with zero attached hydrogens (tertiary/aromatic N) is 1. The zero-order chi connectivity index (χ0) is 13.8. The summed E-state index contributed by atoms with van der Waals surface area (Å²) in [6.07, 6.45) is 5.20. The second kappa shape index (κ2) is 6.37. The highest BCUT2D eigenvalue weighted by Gasteiger charge is 2.25. The maximum Gasteiger partial charge on any atom is 0.343 e. The Hall–Kier alpha value is -1.10. The van der Waals surface area contributed by atoms with Crippen molar-refractivity contribution in [1.82, 2.24) is 4.37 Å². The van der Waals surface area contributed by atoms with E-state index in [0.717, 1.165) is 10.7 Å². The van der Waals surface area contributed by atoms with E-state index in [0.29, 0.717) is 24.1 Å². The van der Waals surface area contributed by atoms with Crippen LogP contribution < -0.4 is 5.32 Å². The molecule has 0 aromatic carbocycles. The van der Waals surface area contributed by atoms with Crippen LogP contribution in [0, 0.1) is 12.8 Å². The van der Waals surface area contributed by atoms with Crippen LogP contribution >= 0.6 is 11.5 Å². The minimum absolute atomic E-state index is 0.269. The van der Waals surface area contributed by atoms with Gasteiger partial charge in [-0.15, -0.1) is 0 Å². The Bertz CT molecular complexity index is 439. The molecule has 1 aliphatic rings. The van der Waals surface area contributed by atoms with Gasteiger partial charge < -0.3 is 10.1 Å². The van der Waals surface area contributed by atoms with Crippen LogP contribution in [0.3, 0.4) is 0 Å². The van der Waals surface area contributed by atoms with Gasteiger partial charge in [0, 0.05) is 6.04 Å². The van der Waals surface area contributed by atoms with Gasteiger partial charge >= 0.3 is 5.97 Å². The van der Waals surface area contributed by atoms with Crippen molar-refractivity contribution in [3.05, 3.63) is 11.3 Å². The Morgan fingerprint density at radius 3 is 2.84 bits per heavy atom. The van der Waals surface area contributed by atoms with Crippen molar-refractivity contribution in [3.8, 4) is 0 Å². The number of nitrogens with one attached hydrogen (secondary N) is 1. The van der Waals surface area contributed by atoms with E-state index < -0.39 is 0 Å². The summed E-state index contributed by atoms with van der Waals surface area (Å²) in [5, 5.41) is 4.32. The largest absolute Gasteiger partial charge is 0.462 e. The minimum Gasteiger partial charge on any atom is -0.462 e. The van der Waals surface area contributed by atoms with Gasteiger partial charge in [-0.25, -0.2) is 4.79 Å². The van der Waals surface area contributed by atoms with E-state index in [9.17, 15) is 4.79 Å². The Balaban J connectivity index is 2.09. The number of hydrogen-bond acceptors (Lipinski definition) is 5. The van der Waals surface area contributed by atoms with E-state index in [2.05, 4.69) is 16.6 Å². The van der Waals surface area contributed by atoms with Gasteiger partial charge in [-0.2, -0.15) is 4.37 Å². The predicted molar refractivity (Wildman–Crippen MR) is 77.9 cm³/mol. The number of aromatic nitrogens is 1. The first-order chi connectivity index (χ1) is 9.13. The van der Waals surface area contributed by atoms with E-state index in [-0.39, 0.29) is 5.97 Å². The summed E-state index contributed by atoms with van der Waals surface area (Å²) in [5.41, 5.74) is 1.36. The summed E-state index contributed by atoms with van der Waals surface area (Å²) in [6, 6.07) is 0.385. The highest BCUT2D eigenvalue weighted by atomic mass is 32.1. The lowest BCUT2D eigenvalue weighted by Gasteiger charge is -2.20. The van der Waals surface area contributed by atoms with Crippen LogP contribution in [0.25, 0.3) is 0 Å². The third-order valence-corrected chi connectivity index (χ3v) is 4.68. The molecule has 5 heteroatoms. The molecule has 1 aromatic heterocycles. The zero-order valence-corrected chi connectivity index (χ0v) is 12.7. The molecule has 1 aromatic rings. The number of esters is 1. The number of ether oxygens (including phenoxy) is 1. The molecule has 1 unspecified atom stereocenters. The van der Waals surface area contributed by atoms with Gasteiger partial charge in [0.15, 0.2) is 0 Å². The van der Waals surface area contributed by atoms with Gasteiger partial charge in [-0.05, 0) is 51.1 Å². The molecule has 2 rings (SSSR count). The Labute approximate surface area is 118 Å². The van der Waals surface area contributed by atoms with Crippen molar-refractivity contribution in [2.75, 3.05) is 11.9 Å². The molecule has 1 fully saturated rings. The smallest absolute Gasteiger partial charge is 0.343 e.